The summed E-state index contributed by atoms with van der Waals surface area (Å²) < 4.78 is 5.37. The van der Waals surface area contributed by atoms with Crippen molar-refractivity contribution in [3.05, 3.63) is 77.9 Å². The van der Waals surface area contributed by atoms with Crippen molar-refractivity contribution in [2.45, 2.75) is 31.6 Å². The topological polar surface area (TPSA) is 54.3 Å². The van der Waals surface area contributed by atoms with Crippen molar-refractivity contribution in [3.8, 4) is 5.75 Å². The summed E-state index contributed by atoms with van der Waals surface area (Å²) in [6, 6.07) is 22.1. The van der Waals surface area contributed by atoms with E-state index >= 15 is 0 Å². The van der Waals surface area contributed by atoms with Gasteiger partial charge in [0.25, 0.3) is 0 Å². The molecular weight excluding hydrogens is 406 g/mol. The summed E-state index contributed by atoms with van der Waals surface area (Å²) in [5, 5.41) is 11.6. The molecule has 5 nitrogen and oxygen atoms in total. The number of fused-ring (bicyclic) bond motifs is 1. The highest BCUT2D eigenvalue weighted by molar-refractivity contribution is 8.15. The Morgan fingerprint density at radius 3 is 2.68 bits per heavy atom. The Bertz CT molecular complexity index is 1140. The van der Waals surface area contributed by atoms with E-state index in [-0.39, 0.29) is 11.2 Å². The lowest BCUT2D eigenvalue weighted by molar-refractivity contribution is -0.126. The molecule has 1 unspecified atom stereocenters. The Hall–Kier alpha value is -3.12. The molecule has 0 aromatic heterocycles. The third kappa shape index (κ3) is 4.64. The number of benzene rings is 3. The van der Waals surface area contributed by atoms with Gasteiger partial charge in [0.05, 0.1) is 25.1 Å². The number of carbonyl (C=O) groups excluding carboxylic acids is 1. The van der Waals surface area contributed by atoms with E-state index in [1.165, 1.54) is 11.8 Å². The minimum absolute atomic E-state index is 0.103. The molecule has 1 fully saturated rings. The summed E-state index contributed by atoms with van der Waals surface area (Å²) in [6.45, 7) is 2.58. The maximum Gasteiger partial charge on any atom is 0.242 e. The SMILES string of the molecule is CCCC1S/C(=N\N=C\c2ccccc2OC)N(Cc2cccc3ccccc23)C1=O. The Morgan fingerprint density at radius 1 is 1.06 bits per heavy atom. The number of hydrogen-bond acceptors (Lipinski definition) is 5. The molecule has 0 radical (unpaired) electrons. The van der Waals surface area contributed by atoms with Crippen LogP contribution in [0.4, 0.5) is 0 Å². The number of methoxy groups -OCH3 is 1. The lowest BCUT2D eigenvalue weighted by Gasteiger charge is -2.17. The molecule has 0 N–H and O–H groups in total. The minimum Gasteiger partial charge on any atom is -0.496 e. The van der Waals surface area contributed by atoms with Crippen LogP contribution in [0.1, 0.15) is 30.9 Å². The second-order valence-electron chi connectivity index (χ2n) is 7.33. The van der Waals surface area contributed by atoms with Crippen LogP contribution in [0.5, 0.6) is 5.75 Å². The van der Waals surface area contributed by atoms with E-state index in [0.29, 0.717) is 11.7 Å². The van der Waals surface area contributed by atoms with Crippen LogP contribution >= 0.6 is 11.8 Å². The third-order valence-electron chi connectivity index (χ3n) is 5.26. The second kappa shape index (κ2) is 9.79. The van der Waals surface area contributed by atoms with Crippen LogP contribution in [0.3, 0.4) is 0 Å². The van der Waals surface area contributed by atoms with Crippen molar-refractivity contribution >= 4 is 39.8 Å². The Morgan fingerprint density at radius 2 is 1.84 bits per heavy atom. The number of nitrogens with zero attached hydrogens (tertiary/aromatic N) is 3. The molecule has 1 saturated heterocycles. The van der Waals surface area contributed by atoms with Gasteiger partial charge in [-0.2, -0.15) is 5.10 Å². The molecule has 158 valence electrons. The monoisotopic (exact) mass is 431 g/mol. The summed E-state index contributed by atoms with van der Waals surface area (Å²) in [5.74, 6) is 0.837. The molecule has 4 rings (SSSR count). The van der Waals surface area contributed by atoms with Gasteiger partial charge in [0.2, 0.25) is 5.91 Å². The van der Waals surface area contributed by atoms with Gasteiger partial charge in [0, 0.05) is 5.56 Å². The predicted molar refractivity (Wildman–Crippen MR) is 129 cm³/mol. The summed E-state index contributed by atoms with van der Waals surface area (Å²) >= 11 is 1.50. The molecule has 6 heteroatoms. The van der Waals surface area contributed by atoms with Crippen LogP contribution in [-0.2, 0) is 11.3 Å². The maximum absolute atomic E-state index is 13.1. The number of thioether (sulfide) groups is 1. The van der Waals surface area contributed by atoms with E-state index in [0.717, 1.165) is 40.5 Å². The summed E-state index contributed by atoms with van der Waals surface area (Å²) in [7, 11) is 1.63. The van der Waals surface area contributed by atoms with Crippen molar-refractivity contribution < 1.29 is 9.53 Å². The first-order chi connectivity index (χ1) is 15.2. The zero-order chi connectivity index (χ0) is 21.6. The fourth-order valence-electron chi connectivity index (χ4n) is 3.69. The summed E-state index contributed by atoms with van der Waals surface area (Å²) in [5.41, 5.74) is 1.94. The van der Waals surface area contributed by atoms with Crippen molar-refractivity contribution in [2.24, 2.45) is 10.2 Å². The fraction of sp³-hybridized carbons (Fsp3) is 0.240. The van der Waals surface area contributed by atoms with Gasteiger partial charge in [-0.3, -0.25) is 9.69 Å². The Kier molecular flexibility index (Phi) is 6.67. The first-order valence-electron chi connectivity index (χ1n) is 10.4. The average molecular weight is 432 g/mol. The van der Waals surface area contributed by atoms with Crippen LogP contribution in [-0.4, -0.2) is 34.5 Å². The molecule has 1 aliphatic rings. The van der Waals surface area contributed by atoms with Crippen LogP contribution in [0, 0.1) is 0 Å². The van der Waals surface area contributed by atoms with Crippen molar-refractivity contribution in [1.82, 2.24) is 4.90 Å². The number of amides is 1. The smallest absolute Gasteiger partial charge is 0.242 e. The standard InChI is InChI=1S/C25H25N3O2S/c1-3-9-23-24(29)28(17-20-13-8-12-18-10-4-6-14-21(18)20)25(31-23)27-26-16-19-11-5-7-15-22(19)30-2/h4-8,10-16,23H,3,9,17H2,1-2H3/b26-16+,27-25-. The van der Waals surface area contributed by atoms with Crippen molar-refractivity contribution in [1.29, 1.82) is 0 Å². The van der Waals surface area contributed by atoms with Gasteiger partial charge in [0.1, 0.15) is 5.75 Å². The highest BCUT2D eigenvalue weighted by Gasteiger charge is 2.37. The zero-order valence-corrected chi connectivity index (χ0v) is 18.5. The number of para-hydroxylation sites is 1. The molecule has 3 aromatic carbocycles. The van der Waals surface area contributed by atoms with Crippen LogP contribution in [0.25, 0.3) is 10.8 Å². The van der Waals surface area contributed by atoms with E-state index in [2.05, 4.69) is 41.4 Å². The number of carbonyl (C=O) groups is 1. The van der Waals surface area contributed by atoms with Crippen LogP contribution in [0.2, 0.25) is 0 Å². The van der Waals surface area contributed by atoms with E-state index < -0.39 is 0 Å². The zero-order valence-electron chi connectivity index (χ0n) is 17.7. The minimum atomic E-state index is -0.111. The van der Waals surface area contributed by atoms with Gasteiger partial charge in [0.15, 0.2) is 5.17 Å². The molecule has 1 aliphatic heterocycles. The number of rotatable bonds is 7. The molecule has 1 heterocycles. The van der Waals surface area contributed by atoms with Gasteiger partial charge >= 0.3 is 0 Å². The highest BCUT2D eigenvalue weighted by Crippen LogP contribution is 2.33. The Balaban J connectivity index is 1.63. The average Bonchev–Trinajstić information content (AvgIpc) is 3.09. The molecule has 1 atom stereocenters. The molecular formula is C25H25N3O2S. The van der Waals surface area contributed by atoms with Gasteiger partial charge in [-0.25, -0.2) is 0 Å². The summed E-state index contributed by atoms with van der Waals surface area (Å²) in [6.07, 6.45) is 3.44. The fourth-order valence-corrected chi connectivity index (χ4v) is 4.90. The van der Waals surface area contributed by atoms with E-state index in [9.17, 15) is 4.79 Å². The largest absolute Gasteiger partial charge is 0.496 e. The van der Waals surface area contributed by atoms with Crippen LogP contribution < -0.4 is 4.74 Å². The molecule has 3 aromatic rings. The lowest BCUT2D eigenvalue weighted by atomic mass is 10.0. The van der Waals surface area contributed by atoms with E-state index in [1.807, 2.05) is 42.5 Å². The Labute approximate surface area is 186 Å². The maximum atomic E-state index is 13.1. The normalized spacial score (nSPS) is 17.9. The van der Waals surface area contributed by atoms with Gasteiger partial charge in [-0.1, -0.05) is 79.7 Å². The molecule has 31 heavy (non-hydrogen) atoms. The molecule has 1 amide bonds. The molecule has 0 spiro atoms. The lowest BCUT2D eigenvalue weighted by Crippen LogP contribution is -2.31. The second-order valence-corrected chi connectivity index (χ2v) is 8.50. The van der Waals surface area contributed by atoms with Crippen molar-refractivity contribution in [2.75, 3.05) is 7.11 Å². The van der Waals surface area contributed by atoms with Crippen molar-refractivity contribution in [3.63, 3.8) is 0 Å². The molecule has 0 aliphatic carbocycles. The molecule has 0 bridgehead atoms. The summed E-state index contributed by atoms with van der Waals surface area (Å²) in [4.78, 5) is 14.9. The quantitative estimate of drug-likeness (QED) is 0.368. The number of hydrogen-bond donors (Lipinski definition) is 0. The number of amidine groups is 1. The van der Waals surface area contributed by atoms with Gasteiger partial charge in [-0.05, 0) is 34.9 Å². The van der Waals surface area contributed by atoms with E-state index in [1.54, 1.807) is 18.2 Å². The molecule has 0 saturated carbocycles. The third-order valence-corrected chi connectivity index (χ3v) is 6.49. The number of ether oxygens (including phenoxy) is 1. The van der Waals surface area contributed by atoms with Crippen LogP contribution in [0.15, 0.2) is 76.9 Å². The van der Waals surface area contributed by atoms with Gasteiger partial charge in [-0.15, -0.1) is 5.10 Å². The first kappa shape index (κ1) is 21.1. The first-order valence-corrected chi connectivity index (χ1v) is 11.3. The predicted octanol–water partition coefficient (Wildman–Crippen LogP) is 5.48. The van der Waals surface area contributed by atoms with Gasteiger partial charge < -0.3 is 4.74 Å². The highest BCUT2D eigenvalue weighted by atomic mass is 32.2. The van der Waals surface area contributed by atoms with E-state index in [4.69, 9.17) is 4.74 Å².